The van der Waals surface area contributed by atoms with Crippen molar-refractivity contribution in [3.8, 4) is 0 Å². The van der Waals surface area contributed by atoms with E-state index in [0.29, 0.717) is 17.3 Å². The zero-order valence-corrected chi connectivity index (χ0v) is 32.7. The van der Waals surface area contributed by atoms with Gasteiger partial charge in [-0.05, 0) is 110 Å². The molecule has 4 aliphatic rings. The van der Waals surface area contributed by atoms with Gasteiger partial charge in [-0.25, -0.2) is 0 Å². The number of unbranched alkanes of at least 4 members (excludes halogenated alkanes) is 12. The summed E-state index contributed by atoms with van der Waals surface area (Å²) in [6.07, 6.45) is 35.4. The first-order valence-corrected chi connectivity index (χ1v) is 21.5. The number of hydrogen-bond acceptors (Lipinski definition) is 2. The maximum Gasteiger partial charge on any atom is 0.306 e. The molecule has 3 saturated carbocycles. The molecule has 272 valence electrons. The van der Waals surface area contributed by atoms with Gasteiger partial charge in [0.1, 0.15) is 6.10 Å². The largest absolute Gasteiger partial charge is 0.462 e. The zero-order valence-electron chi connectivity index (χ0n) is 32.7. The predicted octanol–water partition coefficient (Wildman–Crippen LogP) is 14.1. The summed E-state index contributed by atoms with van der Waals surface area (Å²) in [6.45, 7) is 17.5. The first-order chi connectivity index (χ1) is 22.6. The molecule has 0 unspecified atom stereocenters. The van der Waals surface area contributed by atoms with E-state index in [4.69, 9.17) is 4.74 Å². The number of ether oxygens (including phenoxy) is 1. The molecule has 4 rings (SSSR count). The summed E-state index contributed by atoms with van der Waals surface area (Å²) in [5.74, 6) is 6.18. The Morgan fingerprint density at radius 2 is 1.43 bits per heavy atom. The lowest BCUT2D eigenvalue weighted by molar-refractivity contribution is -0.151. The number of carbonyl (C=O) groups excluding carboxylic acids is 1. The van der Waals surface area contributed by atoms with E-state index in [-0.39, 0.29) is 12.1 Å². The van der Waals surface area contributed by atoms with Crippen molar-refractivity contribution in [3.05, 3.63) is 11.6 Å². The highest BCUT2D eigenvalue weighted by atomic mass is 16.5. The van der Waals surface area contributed by atoms with Gasteiger partial charge >= 0.3 is 5.97 Å². The van der Waals surface area contributed by atoms with Gasteiger partial charge in [-0.1, -0.05) is 150 Å². The second kappa shape index (κ2) is 19.0. The molecule has 0 aromatic heterocycles. The van der Waals surface area contributed by atoms with E-state index >= 15 is 0 Å². The molecule has 0 bridgehead atoms. The second-order valence-corrected chi connectivity index (χ2v) is 18.3. The van der Waals surface area contributed by atoms with Gasteiger partial charge in [0.25, 0.3) is 0 Å². The van der Waals surface area contributed by atoms with Crippen LogP contribution in [0.2, 0.25) is 0 Å². The quantitative estimate of drug-likeness (QED) is 0.0700. The van der Waals surface area contributed by atoms with Gasteiger partial charge in [-0.3, -0.25) is 4.79 Å². The Bertz CT molecular complexity index is 950. The third-order valence-corrected chi connectivity index (χ3v) is 15.1. The first kappa shape index (κ1) is 39.0. The Labute approximate surface area is 293 Å². The van der Waals surface area contributed by atoms with Gasteiger partial charge in [-0.2, -0.15) is 0 Å². The number of carbonyl (C=O) groups is 1. The molecule has 0 aromatic rings. The summed E-state index contributed by atoms with van der Waals surface area (Å²) in [5, 5.41) is 0. The van der Waals surface area contributed by atoms with Gasteiger partial charge in [0.05, 0.1) is 0 Å². The smallest absolute Gasteiger partial charge is 0.306 e. The van der Waals surface area contributed by atoms with E-state index < -0.39 is 0 Å². The fourth-order valence-corrected chi connectivity index (χ4v) is 11.9. The van der Waals surface area contributed by atoms with Gasteiger partial charge in [0.2, 0.25) is 0 Å². The number of esters is 1. The van der Waals surface area contributed by atoms with Crippen LogP contribution in [-0.4, -0.2) is 12.1 Å². The number of hydrogen-bond donors (Lipinski definition) is 0. The Balaban J connectivity index is 1.16. The van der Waals surface area contributed by atoms with Crippen molar-refractivity contribution >= 4 is 5.97 Å². The van der Waals surface area contributed by atoms with Crippen LogP contribution in [0.4, 0.5) is 0 Å². The minimum absolute atomic E-state index is 0.0640. The molecule has 4 aliphatic carbocycles. The first-order valence-electron chi connectivity index (χ1n) is 21.5. The summed E-state index contributed by atoms with van der Waals surface area (Å²) in [7, 11) is 0. The average Bonchev–Trinajstić information content (AvgIpc) is 3.41. The highest BCUT2D eigenvalue weighted by Crippen LogP contribution is 2.67. The standard InChI is InChI=1S/C45H80O2/c1-8-10-11-12-13-14-15-16-17-18-19-20-21-22-43(46)47-38-29-31-44(6)37(33-38)25-26-39-41-28-27-40(45(41,7)32-30-42(39)44)35(5)23-24-36(9-2)34(3)4/h25,34-36,38-42H,8-24,26-33H2,1-7H3/t35-,36-,38+,39-,40+,41-,42+,44+,45-/m1/s1. The Morgan fingerprint density at radius 1 is 0.787 bits per heavy atom. The van der Waals surface area contributed by atoms with Crippen molar-refractivity contribution in [2.45, 2.75) is 215 Å². The Morgan fingerprint density at radius 3 is 2.04 bits per heavy atom. The van der Waals surface area contributed by atoms with Crippen LogP contribution in [0.25, 0.3) is 0 Å². The van der Waals surface area contributed by atoms with Crippen LogP contribution in [0.5, 0.6) is 0 Å². The Kier molecular flexibility index (Phi) is 15.8. The van der Waals surface area contributed by atoms with Crippen molar-refractivity contribution in [1.29, 1.82) is 0 Å². The number of rotatable bonds is 21. The van der Waals surface area contributed by atoms with E-state index in [9.17, 15) is 4.79 Å². The van der Waals surface area contributed by atoms with Crippen LogP contribution in [-0.2, 0) is 9.53 Å². The summed E-state index contributed by atoms with van der Waals surface area (Å²) in [4.78, 5) is 12.8. The van der Waals surface area contributed by atoms with E-state index in [1.165, 1.54) is 135 Å². The molecule has 0 aliphatic heterocycles. The van der Waals surface area contributed by atoms with Crippen LogP contribution in [0, 0.1) is 52.3 Å². The topological polar surface area (TPSA) is 26.3 Å². The van der Waals surface area contributed by atoms with Gasteiger partial charge in [0.15, 0.2) is 0 Å². The van der Waals surface area contributed by atoms with Gasteiger partial charge in [-0.15, -0.1) is 0 Å². The lowest BCUT2D eigenvalue weighted by Crippen LogP contribution is -2.51. The fourth-order valence-electron chi connectivity index (χ4n) is 11.9. The maximum absolute atomic E-state index is 12.8. The van der Waals surface area contributed by atoms with Crippen molar-refractivity contribution in [2.24, 2.45) is 52.3 Å². The molecule has 47 heavy (non-hydrogen) atoms. The van der Waals surface area contributed by atoms with Crippen LogP contribution in [0.15, 0.2) is 11.6 Å². The summed E-state index contributed by atoms with van der Waals surface area (Å²) < 4.78 is 6.14. The second-order valence-electron chi connectivity index (χ2n) is 18.3. The molecule has 2 heteroatoms. The monoisotopic (exact) mass is 653 g/mol. The maximum atomic E-state index is 12.8. The van der Waals surface area contributed by atoms with Crippen molar-refractivity contribution in [2.75, 3.05) is 0 Å². The molecule has 0 saturated heterocycles. The van der Waals surface area contributed by atoms with Crippen LogP contribution >= 0.6 is 0 Å². The molecule has 0 spiro atoms. The summed E-state index contributed by atoms with van der Waals surface area (Å²) in [6, 6.07) is 0. The van der Waals surface area contributed by atoms with E-state index in [1.54, 1.807) is 5.57 Å². The highest BCUT2D eigenvalue weighted by Gasteiger charge is 2.59. The van der Waals surface area contributed by atoms with E-state index in [1.807, 2.05) is 0 Å². The molecule has 0 N–H and O–H groups in total. The molecular weight excluding hydrogens is 572 g/mol. The van der Waals surface area contributed by atoms with E-state index in [2.05, 4.69) is 54.5 Å². The zero-order chi connectivity index (χ0) is 33.9. The van der Waals surface area contributed by atoms with Crippen LogP contribution in [0.1, 0.15) is 209 Å². The Hall–Kier alpha value is -0.790. The van der Waals surface area contributed by atoms with E-state index in [0.717, 1.165) is 60.7 Å². The molecule has 2 nitrogen and oxygen atoms in total. The van der Waals surface area contributed by atoms with Crippen molar-refractivity contribution in [3.63, 3.8) is 0 Å². The summed E-state index contributed by atoms with van der Waals surface area (Å²) >= 11 is 0. The SMILES string of the molecule is CCCCCCCCCCCCCCCC(=O)O[C@H]1CC[C@@]2(C)C(=CC[C@@H]3[C@H]4CC[C@@H]([C@H](C)CC[C@@H](CC)C(C)C)[C@@]4(C)CC[C@@H]32)C1. The third-order valence-electron chi connectivity index (χ3n) is 15.1. The molecule has 0 heterocycles. The molecule has 0 amide bonds. The van der Waals surface area contributed by atoms with Crippen molar-refractivity contribution < 1.29 is 9.53 Å². The minimum atomic E-state index is 0.0640. The number of allylic oxidation sites excluding steroid dienone is 1. The molecule has 3 fully saturated rings. The van der Waals surface area contributed by atoms with Crippen molar-refractivity contribution in [1.82, 2.24) is 0 Å². The number of fused-ring (bicyclic) bond motifs is 5. The van der Waals surface area contributed by atoms with Gasteiger partial charge < -0.3 is 4.74 Å². The lowest BCUT2D eigenvalue weighted by atomic mass is 9.47. The third kappa shape index (κ3) is 10.1. The lowest BCUT2D eigenvalue weighted by Gasteiger charge is -2.58. The van der Waals surface area contributed by atoms with Gasteiger partial charge in [0, 0.05) is 12.8 Å². The normalized spacial score (nSPS) is 33.1. The molecule has 0 aromatic carbocycles. The van der Waals surface area contributed by atoms with Crippen LogP contribution < -0.4 is 0 Å². The summed E-state index contributed by atoms with van der Waals surface area (Å²) in [5.41, 5.74) is 2.52. The average molecular weight is 653 g/mol. The highest BCUT2D eigenvalue weighted by molar-refractivity contribution is 5.69. The minimum Gasteiger partial charge on any atom is -0.462 e. The predicted molar refractivity (Wildman–Crippen MR) is 202 cm³/mol. The van der Waals surface area contributed by atoms with Crippen LogP contribution in [0.3, 0.4) is 0 Å². The molecule has 9 atom stereocenters. The molecular formula is C45H80O2. The molecule has 0 radical (unpaired) electrons. The fraction of sp³-hybridized carbons (Fsp3) is 0.933.